The number of aromatic nitrogens is 2. The number of hydrogen-bond donors (Lipinski definition) is 1. The van der Waals surface area contributed by atoms with Crippen LogP contribution in [0.3, 0.4) is 0 Å². The van der Waals surface area contributed by atoms with Gasteiger partial charge in [0.15, 0.2) is 0 Å². The third-order valence-electron chi connectivity index (χ3n) is 2.46. The second-order valence-corrected chi connectivity index (χ2v) is 3.71. The molecule has 1 heterocycles. The van der Waals surface area contributed by atoms with Crippen LogP contribution in [0.4, 0.5) is 15.8 Å². The van der Waals surface area contributed by atoms with Crippen LogP contribution in [0.2, 0.25) is 0 Å². The van der Waals surface area contributed by atoms with E-state index in [0.29, 0.717) is 0 Å². The summed E-state index contributed by atoms with van der Waals surface area (Å²) in [6, 6.07) is 4.29. The van der Waals surface area contributed by atoms with Crippen molar-refractivity contribution in [2.45, 2.75) is 0 Å². The molecule has 1 N–H and O–H groups in total. The summed E-state index contributed by atoms with van der Waals surface area (Å²) in [6.45, 7) is 0. The molecule has 19 heavy (non-hydrogen) atoms. The number of nitro benzene ring substituents is 1. The number of nitrogens with zero attached hydrogens (tertiary/aromatic N) is 3. The molecule has 0 saturated carbocycles. The van der Waals surface area contributed by atoms with Gasteiger partial charge in [0.2, 0.25) is 0 Å². The molecule has 0 saturated heterocycles. The maximum atomic E-state index is 13.1. The number of amides is 1. The number of anilines is 1. The van der Waals surface area contributed by atoms with E-state index in [2.05, 4.69) is 10.4 Å². The molecule has 1 aromatic carbocycles. The first kappa shape index (κ1) is 12.7. The molecule has 7 nitrogen and oxygen atoms in total. The average Bonchev–Trinajstić information content (AvgIpc) is 2.75. The molecule has 0 spiro atoms. The zero-order valence-electron chi connectivity index (χ0n) is 9.83. The van der Waals surface area contributed by atoms with Crippen LogP contribution in [0.15, 0.2) is 30.5 Å². The summed E-state index contributed by atoms with van der Waals surface area (Å²) in [5.41, 5.74) is -0.369. The Bertz CT molecular complexity index is 653. The number of aryl methyl sites for hydroxylation is 1. The number of nitrogens with one attached hydrogen (secondary N) is 1. The van der Waals surface area contributed by atoms with Gasteiger partial charge in [-0.15, -0.1) is 0 Å². The zero-order valence-corrected chi connectivity index (χ0v) is 9.83. The fourth-order valence-electron chi connectivity index (χ4n) is 1.55. The largest absolute Gasteiger partial charge is 0.315 e. The monoisotopic (exact) mass is 264 g/mol. The lowest BCUT2D eigenvalue weighted by molar-refractivity contribution is -0.384. The van der Waals surface area contributed by atoms with Crippen LogP contribution in [-0.2, 0) is 7.05 Å². The smallest absolute Gasteiger partial charge is 0.292 e. The summed E-state index contributed by atoms with van der Waals surface area (Å²) in [6.07, 6.45) is 1.41. The van der Waals surface area contributed by atoms with Gasteiger partial charge in [-0.25, -0.2) is 4.39 Å². The van der Waals surface area contributed by atoms with Crippen molar-refractivity contribution in [3.8, 4) is 0 Å². The molecule has 2 aromatic rings. The van der Waals surface area contributed by atoms with Crippen LogP contribution in [0.5, 0.6) is 0 Å². The molecule has 0 atom stereocenters. The van der Waals surface area contributed by atoms with E-state index in [-0.39, 0.29) is 17.1 Å². The van der Waals surface area contributed by atoms with Gasteiger partial charge in [0.25, 0.3) is 11.6 Å². The van der Waals surface area contributed by atoms with Crippen molar-refractivity contribution in [1.82, 2.24) is 9.78 Å². The third-order valence-corrected chi connectivity index (χ3v) is 2.46. The van der Waals surface area contributed by atoms with Crippen LogP contribution in [0, 0.1) is 15.9 Å². The summed E-state index contributed by atoms with van der Waals surface area (Å²) in [5.74, 6) is -1.28. The minimum atomic E-state index is -0.696. The Balaban J connectivity index is 2.33. The molecule has 0 fully saturated rings. The summed E-state index contributed by atoms with van der Waals surface area (Å²) in [4.78, 5) is 22.0. The van der Waals surface area contributed by atoms with Crippen molar-refractivity contribution in [2.75, 3.05) is 5.32 Å². The molecule has 2 rings (SSSR count). The lowest BCUT2D eigenvalue weighted by atomic mass is 10.2. The van der Waals surface area contributed by atoms with Crippen molar-refractivity contribution >= 4 is 17.3 Å². The number of benzene rings is 1. The van der Waals surface area contributed by atoms with Gasteiger partial charge < -0.3 is 5.32 Å². The molecule has 0 aliphatic carbocycles. The number of halogens is 1. The Labute approximate surface area is 106 Å². The molecule has 0 unspecified atom stereocenters. The van der Waals surface area contributed by atoms with Gasteiger partial charge in [0, 0.05) is 25.4 Å². The zero-order chi connectivity index (χ0) is 14.0. The van der Waals surface area contributed by atoms with Crippen LogP contribution in [0.25, 0.3) is 0 Å². The molecule has 98 valence electrons. The van der Waals surface area contributed by atoms with Gasteiger partial charge >= 0.3 is 0 Å². The predicted octanol–water partition coefficient (Wildman–Crippen LogP) is 1.72. The number of hydrogen-bond acceptors (Lipinski definition) is 4. The highest BCUT2D eigenvalue weighted by Crippen LogP contribution is 2.25. The molecular formula is C11H9FN4O3. The Hall–Kier alpha value is -2.77. The van der Waals surface area contributed by atoms with Gasteiger partial charge in [0.05, 0.1) is 4.92 Å². The normalized spacial score (nSPS) is 10.2. The predicted molar refractivity (Wildman–Crippen MR) is 64.2 cm³/mol. The molecular weight excluding hydrogens is 255 g/mol. The van der Waals surface area contributed by atoms with Gasteiger partial charge in [-0.2, -0.15) is 5.10 Å². The van der Waals surface area contributed by atoms with Crippen molar-refractivity contribution in [3.63, 3.8) is 0 Å². The molecule has 1 amide bonds. The van der Waals surface area contributed by atoms with E-state index < -0.39 is 16.6 Å². The minimum absolute atomic E-state index is 0.198. The van der Waals surface area contributed by atoms with Crippen LogP contribution >= 0.6 is 0 Å². The summed E-state index contributed by atoms with van der Waals surface area (Å²) in [5, 5.41) is 16.9. The van der Waals surface area contributed by atoms with Gasteiger partial charge in [0.1, 0.15) is 17.2 Å². The maximum Gasteiger partial charge on any atom is 0.292 e. The van der Waals surface area contributed by atoms with Crippen LogP contribution in [-0.4, -0.2) is 20.6 Å². The van der Waals surface area contributed by atoms with Gasteiger partial charge in [-0.05, 0) is 12.1 Å². The first-order valence-electron chi connectivity index (χ1n) is 5.22. The molecule has 0 aliphatic rings. The number of carbonyl (C=O) groups is 1. The maximum absolute atomic E-state index is 13.1. The Morgan fingerprint density at radius 1 is 1.47 bits per heavy atom. The highest BCUT2D eigenvalue weighted by Gasteiger charge is 2.18. The molecule has 0 radical (unpaired) electrons. The molecule has 0 bridgehead atoms. The minimum Gasteiger partial charge on any atom is -0.315 e. The van der Waals surface area contributed by atoms with Crippen molar-refractivity contribution in [2.24, 2.45) is 7.05 Å². The highest BCUT2D eigenvalue weighted by atomic mass is 19.1. The van der Waals surface area contributed by atoms with E-state index >= 15 is 0 Å². The Morgan fingerprint density at radius 3 is 2.79 bits per heavy atom. The van der Waals surface area contributed by atoms with E-state index in [1.807, 2.05) is 0 Å². The molecule has 1 aromatic heterocycles. The lowest BCUT2D eigenvalue weighted by Crippen LogP contribution is -2.17. The average molecular weight is 264 g/mol. The van der Waals surface area contributed by atoms with E-state index in [9.17, 15) is 19.3 Å². The van der Waals surface area contributed by atoms with Gasteiger partial charge in [-0.1, -0.05) is 0 Å². The Kier molecular flexibility index (Phi) is 3.23. The number of rotatable bonds is 3. The van der Waals surface area contributed by atoms with E-state index in [1.165, 1.54) is 16.9 Å². The number of nitro groups is 1. The SMILES string of the molecule is Cn1nccc1C(=O)Nc1cc(F)ccc1[N+](=O)[O-]. The first-order valence-corrected chi connectivity index (χ1v) is 5.22. The fourth-order valence-corrected chi connectivity index (χ4v) is 1.55. The highest BCUT2D eigenvalue weighted by molar-refractivity contribution is 6.04. The third kappa shape index (κ3) is 2.57. The summed E-state index contributed by atoms with van der Waals surface area (Å²) < 4.78 is 14.4. The number of carbonyl (C=O) groups excluding carboxylic acids is 1. The summed E-state index contributed by atoms with van der Waals surface area (Å²) in [7, 11) is 1.55. The standard InChI is InChI=1S/C11H9FN4O3/c1-15-10(4-5-13-15)11(17)14-8-6-7(12)2-3-9(8)16(18)19/h2-6H,1H3,(H,14,17). The second-order valence-electron chi connectivity index (χ2n) is 3.71. The molecule has 0 aliphatic heterocycles. The van der Waals surface area contributed by atoms with Crippen molar-refractivity contribution in [3.05, 3.63) is 52.1 Å². The quantitative estimate of drug-likeness (QED) is 0.675. The summed E-state index contributed by atoms with van der Waals surface area (Å²) >= 11 is 0. The fraction of sp³-hybridized carbons (Fsp3) is 0.0909. The Morgan fingerprint density at radius 2 is 2.21 bits per heavy atom. The first-order chi connectivity index (χ1) is 8.99. The van der Waals surface area contributed by atoms with E-state index in [4.69, 9.17) is 0 Å². The van der Waals surface area contributed by atoms with E-state index in [0.717, 1.165) is 18.2 Å². The van der Waals surface area contributed by atoms with Crippen molar-refractivity contribution in [1.29, 1.82) is 0 Å². The van der Waals surface area contributed by atoms with E-state index in [1.54, 1.807) is 7.05 Å². The van der Waals surface area contributed by atoms with Crippen LogP contribution < -0.4 is 5.32 Å². The topological polar surface area (TPSA) is 90.1 Å². The van der Waals surface area contributed by atoms with Crippen LogP contribution in [0.1, 0.15) is 10.5 Å². The lowest BCUT2D eigenvalue weighted by Gasteiger charge is -2.06. The van der Waals surface area contributed by atoms with Gasteiger partial charge in [-0.3, -0.25) is 19.6 Å². The molecule has 8 heteroatoms. The second kappa shape index (κ2) is 4.84. The van der Waals surface area contributed by atoms with Crippen molar-refractivity contribution < 1.29 is 14.1 Å².